The van der Waals surface area contributed by atoms with Crippen molar-refractivity contribution in [2.75, 3.05) is 51.3 Å². The Kier molecular flexibility index (Phi) is 4.91. The molecule has 2 N–H and O–H groups in total. The van der Waals surface area contributed by atoms with Crippen LogP contribution in [0.2, 0.25) is 0 Å². The lowest BCUT2D eigenvalue weighted by atomic mass is 10.4. The van der Waals surface area contributed by atoms with Crippen molar-refractivity contribution < 1.29 is 9.53 Å². The van der Waals surface area contributed by atoms with Crippen molar-refractivity contribution in [2.24, 2.45) is 5.73 Å². The minimum atomic E-state index is -0.549. The first-order valence-electron chi connectivity index (χ1n) is 6.87. The van der Waals surface area contributed by atoms with Gasteiger partial charge in [0.05, 0.1) is 13.2 Å². The van der Waals surface area contributed by atoms with Gasteiger partial charge in [-0.3, -0.25) is 14.3 Å². The summed E-state index contributed by atoms with van der Waals surface area (Å²) in [5.41, 5.74) is 5.29. The van der Waals surface area contributed by atoms with Crippen molar-refractivity contribution in [3.05, 3.63) is 5.82 Å². The van der Waals surface area contributed by atoms with Crippen LogP contribution in [0.25, 0.3) is 0 Å². The van der Waals surface area contributed by atoms with E-state index in [1.54, 1.807) is 4.57 Å². The molecule has 0 saturated carbocycles. The second kappa shape index (κ2) is 6.67. The van der Waals surface area contributed by atoms with Crippen molar-refractivity contribution >= 4 is 11.9 Å². The number of amides is 1. The number of anilines is 1. The first kappa shape index (κ1) is 14.7. The Bertz CT molecular complexity index is 455. The summed E-state index contributed by atoms with van der Waals surface area (Å²) in [5.74, 6) is 0.336. The third kappa shape index (κ3) is 3.26. The predicted octanol–water partition coefficient (Wildman–Crippen LogP) is -0.835. The molecule has 1 aliphatic rings. The molecule has 1 fully saturated rings. The van der Waals surface area contributed by atoms with Crippen molar-refractivity contribution in [1.29, 1.82) is 0 Å². The number of ether oxygens (including phenoxy) is 1. The fraction of sp³-hybridized carbons (Fsp3) is 0.750. The fourth-order valence-corrected chi connectivity index (χ4v) is 2.27. The lowest BCUT2D eigenvalue weighted by Crippen LogP contribution is -2.41. The standard InChI is InChI=1S/C12H22N6O2/c1-3-18-11(10(13)19)14-15-12(18)16(2)4-5-17-6-8-20-9-7-17/h3-9H2,1-2H3,(H2,13,19). The molecule has 0 bridgehead atoms. The summed E-state index contributed by atoms with van der Waals surface area (Å²) in [6.45, 7) is 7.81. The summed E-state index contributed by atoms with van der Waals surface area (Å²) in [6, 6.07) is 0. The maximum Gasteiger partial charge on any atom is 0.286 e. The van der Waals surface area contributed by atoms with Gasteiger partial charge in [-0.25, -0.2) is 0 Å². The quantitative estimate of drug-likeness (QED) is 0.732. The Morgan fingerprint density at radius 2 is 2.10 bits per heavy atom. The number of nitrogens with two attached hydrogens (primary N) is 1. The van der Waals surface area contributed by atoms with Crippen LogP contribution in [0.3, 0.4) is 0 Å². The predicted molar refractivity (Wildman–Crippen MR) is 74.7 cm³/mol. The van der Waals surface area contributed by atoms with Crippen molar-refractivity contribution in [3.63, 3.8) is 0 Å². The highest BCUT2D eigenvalue weighted by molar-refractivity contribution is 5.89. The van der Waals surface area contributed by atoms with E-state index in [0.717, 1.165) is 39.4 Å². The second-order valence-electron chi connectivity index (χ2n) is 4.81. The molecule has 20 heavy (non-hydrogen) atoms. The molecule has 0 spiro atoms. The van der Waals surface area contributed by atoms with Crippen LogP contribution in [0.5, 0.6) is 0 Å². The van der Waals surface area contributed by atoms with Crippen molar-refractivity contribution in [1.82, 2.24) is 19.7 Å². The minimum absolute atomic E-state index is 0.209. The molecule has 2 heterocycles. The monoisotopic (exact) mass is 282 g/mol. The molecule has 2 rings (SSSR count). The number of hydrogen-bond acceptors (Lipinski definition) is 6. The highest BCUT2D eigenvalue weighted by Crippen LogP contribution is 2.11. The van der Waals surface area contributed by atoms with Gasteiger partial charge >= 0.3 is 0 Å². The van der Waals surface area contributed by atoms with E-state index in [2.05, 4.69) is 15.1 Å². The molecular weight excluding hydrogens is 260 g/mol. The normalized spacial score (nSPS) is 16.3. The van der Waals surface area contributed by atoms with Gasteiger partial charge in [-0.15, -0.1) is 10.2 Å². The zero-order valence-corrected chi connectivity index (χ0v) is 12.1. The van der Waals surface area contributed by atoms with Gasteiger partial charge in [0.2, 0.25) is 11.8 Å². The Labute approximate surface area is 118 Å². The number of aromatic nitrogens is 3. The van der Waals surface area contributed by atoms with E-state index in [-0.39, 0.29) is 5.82 Å². The van der Waals surface area contributed by atoms with Crippen LogP contribution >= 0.6 is 0 Å². The summed E-state index contributed by atoms with van der Waals surface area (Å²) < 4.78 is 7.06. The van der Waals surface area contributed by atoms with Crippen LogP contribution in [-0.4, -0.2) is 72.0 Å². The molecule has 8 nitrogen and oxygen atoms in total. The number of morpholine rings is 1. The van der Waals surface area contributed by atoms with Gasteiger partial charge in [-0.1, -0.05) is 0 Å². The number of nitrogens with zero attached hydrogens (tertiary/aromatic N) is 5. The first-order valence-corrected chi connectivity index (χ1v) is 6.87. The Morgan fingerprint density at radius 3 is 2.70 bits per heavy atom. The van der Waals surface area contributed by atoms with E-state index in [0.29, 0.717) is 12.5 Å². The zero-order chi connectivity index (χ0) is 14.5. The second-order valence-corrected chi connectivity index (χ2v) is 4.81. The summed E-state index contributed by atoms with van der Waals surface area (Å²) in [7, 11) is 1.95. The molecular formula is C12H22N6O2. The van der Waals surface area contributed by atoms with E-state index in [1.165, 1.54) is 0 Å². The number of primary amides is 1. The lowest BCUT2D eigenvalue weighted by molar-refractivity contribution is 0.0392. The van der Waals surface area contributed by atoms with Crippen LogP contribution in [0, 0.1) is 0 Å². The zero-order valence-electron chi connectivity index (χ0n) is 12.1. The number of carbonyl (C=O) groups is 1. The molecule has 0 radical (unpaired) electrons. The Hall–Kier alpha value is -1.67. The van der Waals surface area contributed by atoms with Gasteiger partial charge in [0.15, 0.2) is 0 Å². The maximum absolute atomic E-state index is 11.3. The molecule has 1 aliphatic heterocycles. The van der Waals surface area contributed by atoms with Crippen LogP contribution < -0.4 is 10.6 Å². The summed E-state index contributed by atoms with van der Waals surface area (Å²) in [5, 5.41) is 7.93. The van der Waals surface area contributed by atoms with E-state index < -0.39 is 5.91 Å². The Morgan fingerprint density at radius 1 is 1.40 bits per heavy atom. The molecule has 1 saturated heterocycles. The van der Waals surface area contributed by atoms with Crippen LogP contribution in [0.1, 0.15) is 17.5 Å². The molecule has 0 unspecified atom stereocenters. The molecule has 1 aromatic heterocycles. The smallest absolute Gasteiger partial charge is 0.286 e. The Balaban J connectivity index is 1.97. The van der Waals surface area contributed by atoms with Gasteiger partial charge in [0.1, 0.15) is 0 Å². The fourth-order valence-electron chi connectivity index (χ4n) is 2.27. The number of carbonyl (C=O) groups excluding carboxylic acids is 1. The first-order chi connectivity index (χ1) is 9.63. The molecule has 1 aromatic rings. The van der Waals surface area contributed by atoms with Crippen LogP contribution in [0.15, 0.2) is 0 Å². The van der Waals surface area contributed by atoms with Gasteiger partial charge in [0, 0.05) is 39.8 Å². The van der Waals surface area contributed by atoms with Gasteiger partial charge in [-0.05, 0) is 6.92 Å². The molecule has 0 aliphatic carbocycles. The largest absolute Gasteiger partial charge is 0.379 e. The van der Waals surface area contributed by atoms with E-state index in [4.69, 9.17) is 10.5 Å². The average molecular weight is 282 g/mol. The lowest BCUT2D eigenvalue weighted by Gasteiger charge is -2.28. The van der Waals surface area contributed by atoms with Crippen LogP contribution in [0.4, 0.5) is 5.95 Å². The van der Waals surface area contributed by atoms with Gasteiger partial charge in [-0.2, -0.15) is 0 Å². The molecule has 8 heteroatoms. The highest BCUT2D eigenvalue weighted by atomic mass is 16.5. The average Bonchev–Trinajstić information content (AvgIpc) is 2.90. The topological polar surface area (TPSA) is 89.5 Å². The van der Waals surface area contributed by atoms with Gasteiger partial charge in [0.25, 0.3) is 5.91 Å². The molecule has 0 aromatic carbocycles. The highest BCUT2D eigenvalue weighted by Gasteiger charge is 2.18. The molecule has 112 valence electrons. The van der Waals surface area contributed by atoms with Crippen molar-refractivity contribution in [3.8, 4) is 0 Å². The third-order valence-electron chi connectivity index (χ3n) is 3.46. The van der Waals surface area contributed by atoms with E-state index >= 15 is 0 Å². The molecule has 1 amide bonds. The minimum Gasteiger partial charge on any atom is -0.379 e. The van der Waals surface area contributed by atoms with E-state index in [9.17, 15) is 4.79 Å². The summed E-state index contributed by atoms with van der Waals surface area (Å²) >= 11 is 0. The van der Waals surface area contributed by atoms with E-state index in [1.807, 2.05) is 18.9 Å². The third-order valence-corrected chi connectivity index (χ3v) is 3.46. The summed E-state index contributed by atoms with van der Waals surface area (Å²) in [6.07, 6.45) is 0. The van der Waals surface area contributed by atoms with Gasteiger partial charge < -0.3 is 15.4 Å². The number of likely N-dealkylation sites (N-methyl/N-ethyl adjacent to an activating group) is 1. The molecule has 0 atom stereocenters. The maximum atomic E-state index is 11.3. The van der Waals surface area contributed by atoms with Crippen LogP contribution in [-0.2, 0) is 11.3 Å². The van der Waals surface area contributed by atoms with Crippen molar-refractivity contribution in [2.45, 2.75) is 13.5 Å². The number of rotatable bonds is 6. The number of hydrogen-bond donors (Lipinski definition) is 1. The SMILES string of the molecule is CCn1c(C(N)=O)nnc1N(C)CCN1CCOCC1. The summed E-state index contributed by atoms with van der Waals surface area (Å²) in [4.78, 5) is 15.6.